The Morgan fingerprint density at radius 1 is 0.552 bits per heavy atom. The molecular formula is C53H36N4O. The Morgan fingerprint density at radius 3 is 2.14 bits per heavy atom. The van der Waals surface area contributed by atoms with Gasteiger partial charge in [0, 0.05) is 39.2 Å². The van der Waals surface area contributed by atoms with Gasteiger partial charge in [-0.1, -0.05) is 152 Å². The molecule has 12 rings (SSSR count). The summed E-state index contributed by atoms with van der Waals surface area (Å²) in [6, 6.07) is 62.8. The van der Waals surface area contributed by atoms with Crippen molar-refractivity contribution in [2.24, 2.45) is 9.98 Å². The first-order valence-corrected chi connectivity index (χ1v) is 19.9. The number of fused-ring (bicyclic) bond motifs is 8. The van der Waals surface area contributed by atoms with Crippen LogP contribution in [-0.2, 0) is 0 Å². The highest BCUT2D eigenvalue weighted by Gasteiger charge is 2.40. The summed E-state index contributed by atoms with van der Waals surface area (Å²) < 4.78 is 9.23. The van der Waals surface area contributed by atoms with Crippen LogP contribution in [0, 0.1) is 0 Å². The zero-order valence-corrected chi connectivity index (χ0v) is 31.5. The lowest BCUT2D eigenvalue weighted by Crippen LogP contribution is -2.37. The van der Waals surface area contributed by atoms with E-state index < -0.39 is 0 Å². The van der Waals surface area contributed by atoms with E-state index in [1.165, 1.54) is 49.1 Å². The molecule has 5 nitrogen and oxygen atoms in total. The first kappa shape index (κ1) is 32.7. The third-order valence-corrected chi connectivity index (χ3v) is 12.0. The van der Waals surface area contributed by atoms with Crippen LogP contribution in [0.3, 0.4) is 0 Å². The second kappa shape index (κ2) is 13.0. The number of amidine groups is 2. The van der Waals surface area contributed by atoms with Crippen LogP contribution in [0.1, 0.15) is 28.8 Å². The minimum absolute atomic E-state index is 0.0451. The maximum Gasteiger partial charge on any atom is 0.159 e. The third-order valence-electron chi connectivity index (χ3n) is 12.0. The number of aliphatic imine (C=N–C) groups is 2. The molecule has 3 heterocycles. The molecule has 0 fully saturated rings. The van der Waals surface area contributed by atoms with E-state index in [1.807, 2.05) is 0 Å². The normalized spacial score (nSPS) is 18.3. The molecule has 3 unspecified atom stereocenters. The lowest BCUT2D eigenvalue weighted by Gasteiger charge is -2.29. The first-order valence-electron chi connectivity index (χ1n) is 19.9. The number of aromatic nitrogens is 1. The molecule has 2 aliphatic heterocycles. The van der Waals surface area contributed by atoms with Gasteiger partial charge in [0.2, 0.25) is 0 Å². The smallest absolute Gasteiger partial charge is 0.159 e. The van der Waals surface area contributed by atoms with E-state index in [0.717, 1.165) is 44.9 Å². The predicted molar refractivity (Wildman–Crippen MR) is 238 cm³/mol. The molecule has 0 bridgehead atoms. The van der Waals surface area contributed by atoms with Crippen molar-refractivity contribution in [3.63, 3.8) is 0 Å². The summed E-state index contributed by atoms with van der Waals surface area (Å²) in [5, 5.41) is 11.0. The Labute approximate surface area is 335 Å². The van der Waals surface area contributed by atoms with E-state index in [1.54, 1.807) is 0 Å². The minimum atomic E-state index is -0.330. The monoisotopic (exact) mass is 744 g/mol. The number of para-hydroxylation sites is 1. The quantitative estimate of drug-likeness (QED) is 0.191. The van der Waals surface area contributed by atoms with Gasteiger partial charge in [-0.3, -0.25) is 0 Å². The number of nitrogens with zero attached hydrogens (tertiary/aromatic N) is 3. The Bertz CT molecular complexity index is 3260. The van der Waals surface area contributed by atoms with Crippen LogP contribution >= 0.6 is 0 Å². The molecule has 0 radical (unpaired) electrons. The highest BCUT2D eigenvalue weighted by Crippen LogP contribution is 2.47. The van der Waals surface area contributed by atoms with Gasteiger partial charge in [0.25, 0.3) is 0 Å². The van der Waals surface area contributed by atoms with Crippen molar-refractivity contribution in [3.8, 4) is 22.6 Å². The summed E-state index contributed by atoms with van der Waals surface area (Å²) in [7, 11) is 0. The van der Waals surface area contributed by atoms with E-state index in [4.69, 9.17) is 14.7 Å². The lowest BCUT2D eigenvalue weighted by molar-refractivity contribution is 0.266. The van der Waals surface area contributed by atoms with Crippen LogP contribution in [0.2, 0.25) is 0 Å². The van der Waals surface area contributed by atoms with Gasteiger partial charge in [0.15, 0.2) is 5.84 Å². The van der Waals surface area contributed by atoms with Gasteiger partial charge in [-0.05, 0) is 74.6 Å². The number of benzene rings is 8. The molecule has 0 amide bonds. The standard InChI is InChI=1S/C53H36N4O/c1-2-11-33(12-3-1)38-25-27-43-42-17-8-9-19-46(42)57(47(43)31-38)41-26-28-44-49(32-41)58-48-20-10-18-45(50(44)48)53-55-51(39-23-21-34-13-4-6-15-36(34)29-39)54-52(56-53)40-24-22-35-14-5-7-16-37(35)30-40/h1-32,48,50-51H,(H,54,55,56). The maximum atomic E-state index is 6.85. The van der Waals surface area contributed by atoms with Crippen LogP contribution in [0.5, 0.6) is 5.75 Å². The summed E-state index contributed by atoms with van der Waals surface area (Å²) in [4.78, 5) is 10.6. The van der Waals surface area contributed by atoms with Gasteiger partial charge in [-0.15, -0.1) is 0 Å². The van der Waals surface area contributed by atoms with Gasteiger partial charge >= 0.3 is 0 Å². The largest absolute Gasteiger partial charge is 0.485 e. The Kier molecular flexibility index (Phi) is 7.35. The summed E-state index contributed by atoms with van der Waals surface area (Å²) in [5.74, 6) is 2.37. The van der Waals surface area contributed by atoms with E-state index >= 15 is 0 Å². The van der Waals surface area contributed by atoms with Gasteiger partial charge in [0.1, 0.15) is 23.9 Å². The van der Waals surface area contributed by atoms with Gasteiger partial charge in [-0.25, -0.2) is 9.98 Å². The van der Waals surface area contributed by atoms with Crippen molar-refractivity contribution in [3.05, 3.63) is 216 Å². The summed E-state index contributed by atoms with van der Waals surface area (Å²) >= 11 is 0. The molecule has 1 N–H and O–H groups in total. The lowest BCUT2D eigenvalue weighted by atomic mass is 9.83. The number of rotatable bonds is 5. The molecule has 274 valence electrons. The minimum Gasteiger partial charge on any atom is -0.485 e. The molecular weight excluding hydrogens is 709 g/mol. The summed E-state index contributed by atoms with van der Waals surface area (Å²) in [6.07, 6.45) is 5.97. The fraction of sp³-hybridized carbons (Fsp3) is 0.0566. The second-order valence-electron chi connectivity index (χ2n) is 15.4. The zero-order valence-electron chi connectivity index (χ0n) is 31.5. The van der Waals surface area contributed by atoms with E-state index in [2.05, 4.69) is 204 Å². The van der Waals surface area contributed by atoms with Gasteiger partial charge < -0.3 is 14.6 Å². The zero-order chi connectivity index (χ0) is 38.2. The van der Waals surface area contributed by atoms with Crippen molar-refractivity contribution in [2.75, 3.05) is 0 Å². The van der Waals surface area contributed by atoms with Crippen LogP contribution in [-0.4, -0.2) is 22.3 Å². The molecule has 0 saturated heterocycles. The molecule has 9 aromatic rings. The number of nitrogens with one attached hydrogen (secondary N) is 1. The van der Waals surface area contributed by atoms with Crippen LogP contribution in [0.25, 0.3) is 60.2 Å². The van der Waals surface area contributed by atoms with Gasteiger partial charge in [-0.2, -0.15) is 0 Å². The molecule has 3 atom stereocenters. The van der Waals surface area contributed by atoms with Crippen LogP contribution in [0.4, 0.5) is 0 Å². The SMILES string of the molecule is C1=CC2Oc3cc(-n4c5ccccc5c5ccc(-c6ccccc6)cc54)ccc3C2C(C2=NC(c3ccc4ccccc4c3)=NC(c3ccc4ccccc4c3)N2)=C1. The van der Waals surface area contributed by atoms with Crippen LogP contribution in [0.15, 0.2) is 210 Å². The molecule has 0 saturated carbocycles. The molecule has 1 aliphatic carbocycles. The fourth-order valence-electron chi connectivity index (χ4n) is 9.17. The first-order chi connectivity index (χ1) is 28.7. The molecule has 3 aliphatic rings. The highest BCUT2D eigenvalue weighted by atomic mass is 16.5. The van der Waals surface area contributed by atoms with Gasteiger partial charge in [0.05, 0.1) is 17.0 Å². The number of hydrogen-bond donors (Lipinski definition) is 1. The van der Waals surface area contributed by atoms with Crippen molar-refractivity contribution in [1.82, 2.24) is 9.88 Å². The van der Waals surface area contributed by atoms with E-state index in [9.17, 15) is 0 Å². The average Bonchev–Trinajstić information content (AvgIpc) is 3.84. The third kappa shape index (κ3) is 5.31. The molecule has 0 spiro atoms. The van der Waals surface area contributed by atoms with Crippen molar-refractivity contribution in [1.29, 1.82) is 0 Å². The molecule has 58 heavy (non-hydrogen) atoms. The van der Waals surface area contributed by atoms with Crippen molar-refractivity contribution >= 4 is 55.0 Å². The predicted octanol–water partition coefficient (Wildman–Crippen LogP) is 12.2. The highest BCUT2D eigenvalue weighted by molar-refractivity contribution is 6.15. The number of allylic oxidation sites excluding steroid dienone is 2. The number of hydrogen-bond acceptors (Lipinski definition) is 4. The molecule has 1 aromatic heterocycles. The Hall–Kier alpha value is -7.50. The molecule has 5 heteroatoms. The second-order valence-corrected chi connectivity index (χ2v) is 15.4. The van der Waals surface area contributed by atoms with Crippen molar-refractivity contribution in [2.45, 2.75) is 18.2 Å². The fourth-order valence-corrected chi connectivity index (χ4v) is 9.17. The Morgan fingerprint density at radius 2 is 1.28 bits per heavy atom. The summed E-state index contributed by atoms with van der Waals surface area (Å²) in [5.41, 5.74) is 10.1. The topological polar surface area (TPSA) is 50.9 Å². The Balaban J connectivity index is 0.957. The average molecular weight is 745 g/mol. The van der Waals surface area contributed by atoms with E-state index in [-0.39, 0.29) is 18.2 Å². The van der Waals surface area contributed by atoms with E-state index in [0.29, 0.717) is 5.84 Å². The number of ether oxygens (including phenoxy) is 1. The van der Waals surface area contributed by atoms with Crippen molar-refractivity contribution < 1.29 is 4.74 Å². The summed E-state index contributed by atoms with van der Waals surface area (Å²) in [6.45, 7) is 0. The maximum absolute atomic E-state index is 6.85. The van der Waals surface area contributed by atoms with Crippen LogP contribution < -0.4 is 10.1 Å². The molecule has 8 aromatic carbocycles.